The highest BCUT2D eigenvalue weighted by Gasteiger charge is 2.19. The minimum Gasteiger partial charge on any atom is -0.335 e. The molecule has 3 nitrogen and oxygen atoms in total. The van der Waals surface area contributed by atoms with Crippen molar-refractivity contribution in [2.24, 2.45) is 0 Å². The minimum atomic E-state index is 0.0286. The molecule has 1 fully saturated rings. The van der Waals surface area contributed by atoms with Crippen LogP contribution in [0.15, 0.2) is 30.3 Å². The molecule has 0 N–H and O–H groups in total. The summed E-state index contributed by atoms with van der Waals surface area (Å²) in [5, 5.41) is 0. The Morgan fingerprint density at radius 3 is 2.65 bits per heavy atom. The maximum absolute atomic E-state index is 12.0. The van der Waals surface area contributed by atoms with Crippen LogP contribution in [0.4, 0.5) is 0 Å². The van der Waals surface area contributed by atoms with Crippen LogP contribution in [-0.4, -0.2) is 29.7 Å². The first-order chi connectivity index (χ1) is 8.27. The van der Waals surface area contributed by atoms with E-state index in [0.717, 1.165) is 25.8 Å². The van der Waals surface area contributed by atoms with Crippen molar-refractivity contribution < 1.29 is 9.59 Å². The van der Waals surface area contributed by atoms with Crippen molar-refractivity contribution in [1.82, 2.24) is 4.90 Å². The average molecular weight is 231 g/mol. The van der Waals surface area contributed by atoms with Crippen LogP contribution in [0.5, 0.6) is 0 Å². The summed E-state index contributed by atoms with van der Waals surface area (Å²) in [5.74, 6) is 0.146. The second-order valence-electron chi connectivity index (χ2n) is 4.42. The quantitative estimate of drug-likeness (QED) is 0.748. The van der Waals surface area contributed by atoms with Crippen molar-refractivity contribution in [1.29, 1.82) is 0 Å². The monoisotopic (exact) mass is 231 g/mol. The zero-order valence-electron chi connectivity index (χ0n) is 9.89. The van der Waals surface area contributed by atoms with Gasteiger partial charge in [0.1, 0.15) is 0 Å². The highest BCUT2D eigenvalue weighted by atomic mass is 16.2. The molecule has 0 bridgehead atoms. The number of ketones is 1. The van der Waals surface area contributed by atoms with Crippen LogP contribution in [0.25, 0.3) is 0 Å². The summed E-state index contributed by atoms with van der Waals surface area (Å²) in [6, 6.07) is 9.16. The molecular formula is C14H17NO2. The molecule has 0 unspecified atom stereocenters. The smallest absolute Gasteiger partial charge is 0.222 e. The van der Waals surface area contributed by atoms with E-state index >= 15 is 0 Å². The lowest BCUT2D eigenvalue weighted by atomic mass is 10.1. The third-order valence-corrected chi connectivity index (χ3v) is 3.10. The van der Waals surface area contributed by atoms with Gasteiger partial charge in [-0.05, 0) is 12.8 Å². The molecule has 90 valence electrons. The van der Waals surface area contributed by atoms with Gasteiger partial charge in [-0.1, -0.05) is 36.8 Å². The molecule has 1 aromatic carbocycles. The van der Waals surface area contributed by atoms with E-state index in [2.05, 4.69) is 0 Å². The van der Waals surface area contributed by atoms with Gasteiger partial charge < -0.3 is 4.90 Å². The van der Waals surface area contributed by atoms with Gasteiger partial charge in [0, 0.05) is 18.5 Å². The molecule has 1 aliphatic rings. The number of Topliss-reactive ketones (excluding diaryl/α,β-unsaturated/α-hetero) is 1. The third-order valence-electron chi connectivity index (χ3n) is 3.10. The molecule has 0 radical (unpaired) electrons. The molecule has 0 saturated carbocycles. The summed E-state index contributed by atoms with van der Waals surface area (Å²) in [6.45, 7) is 0.945. The van der Waals surface area contributed by atoms with Crippen molar-refractivity contribution in [3.63, 3.8) is 0 Å². The van der Waals surface area contributed by atoms with E-state index in [-0.39, 0.29) is 18.2 Å². The first-order valence-electron chi connectivity index (χ1n) is 6.13. The van der Waals surface area contributed by atoms with Crippen LogP contribution in [0.1, 0.15) is 36.0 Å². The van der Waals surface area contributed by atoms with E-state index in [9.17, 15) is 9.59 Å². The first kappa shape index (κ1) is 11.8. The Labute approximate surface area is 101 Å². The first-order valence-corrected chi connectivity index (χ1v) is 6.13. The molecule has 3 heteroatoms. The van der Waals surface area contributed by atoms with Crippen LogP contribution >= 0.6 is 0 Å². The number of carbonyl (C=O) groups is 2. The van der Waals surface area contributed by atoms with Gasteiger partial charge in [-0.2, -0.15) is 0 Å². The standard InChI is InChI=1S/C14H17NO2/c16-13(12-7-3-1-4-8-12)11-15-10-6-2-5-9-14(15)17/h1,3-4,7-8H,2,5-6,9-11H2. The third kappa shape index (κ3) is 3.16. The summed E-state index contributed by atoms with van der Waals surface area (Å²) in [7, 11) is 0. The van der Waals surface area contributed by atoms with E-state index in [1.54, 1.807) is 17.0 Å². The molecule has 0 aliphatic carbocycles. The highest BCUT2D eigenvalue weighted by molar-refractivity contribution is 5.99. The van der Waals surface area contributed by atoms with Gasteiger partial charge in [0.2, 0.25) is 5.91 Å². The lowest BCUT2D eigenvalue weighted by Crippen LogP contribution is -2.35. The molecule has 1 saturated heterocycles. The molecule has 2 rings (SSSR count). The average Bonchev–Trinajstić information content (AvgIpc) is 2.56. The second-order valence-corrected chi connectivity index (χ2v) is 4.42. The van der Waals surface area contributed by atoms with Crippen LogP contribution in [0, 0.1) is 0 Å². The van der Waals surface area contributed by atoms with Gasteiger partial charge in [0.05, 0.1) is 6.54 Å². The Bertz CT molecular complexity index is 400. The number of hydrogen-bond donors (Lipinski definition) is 0. The largest absolute Gasteiger partial charge is 0.335 e. The normalized spacial score (nSPS) is 16.7. The Morgan fingerprint density at radius 1 is 1.12 bits per heavy atom. The summed E-state index contributed by atoms with van der Waals surface area (Å²) in [6.07, 6.45) is 3.63. The fraction of sp³-hybridized carbons (Fsp3) is 0.429. The molecule has 0 atom stereocenters. The van der Waals surface area contributed by atoms with Crippen molar-refractivity contribution in [2.45, 2.75) is 25.7 Å². The minimum absolute atomic E-state index is 0.0286. The maximum Gasteiger partial charge on any atom is 0.222 e. The fourth-order valence-corrected chi connectivity index (χ4v) is 2.09. The maximum atomic E-state index is 12.0. The Hall–Kier alpha value is -1.64. The Morgan fingerprint density at radius 2 is 1.88 bits per heavy atom. The van der Waals surface area contributed by atoms with Gasteiger partial charge in [0.15, 0.2) is 5.78 Å². The predicted molar refractivity (Wildman–Crippen MR) is 65.8 cm³/mol. The van der Waals surface area contributed by atoms with Crippen molar-refractivity contribution in [2.75, 3.05) is 13.1 Å². The highest BCUT2D eigenvalue weighted by Crippen LogP contribution is 2.12. The zero-order valence-corrected chi connectivity index (χ0v) is 9.89. The molecule has 1 heterocycles. The number of hydrogen-bond acceptors (Lipinski definition) is 2. The summed E-state index contributed by atoms with van der Waals surface area (Å²) < 4.78 is 0. The number of nitrogens with zero attached hydrogens (tertiary/aromatic N) is 1. The number of benzene rings is 1. The van der Waals surface area contributed by atoms with Gasteiger partial charge in [-0.25, -0.2) is 0 Å². The molecule has 0 aromatic heterocycles. The number of carbonyl (C=O) groups excluding carboxylic acids is 2. The summed E-state index contributed by atoms with van der Waals surface area (Å²) in [4.78, 5) is 25.4. The Kier molecular flexibility index (Phi) is 3.91. The topological polar surface area (TPSA) is 37.4 Å². The SMILES string of the molecule is O=C(CN1CCCCCC1=O)c1ccccc1. The lowest BCUT2D eigenvalue weighted by Gasteiger charge is -2.19. The van der Waals surface area contributed by atoms with E-state index in [0.29, 0.717) is 12.0 Å². The molecule has 1 aromatic rings. The number of rotatable bonds is 3. The molecule has 1 aliphatic heterocycles. The van der Waals surface area contributed by atoms with Crippen molar-refractivity contribution in [3.8, 4) is 0 Å². The fourth-order valence-electron chi connectivity index (χ4n) is 2.09. The summed E-state index contributed by atoms with van der Waals surface area (Å²) in [5.41, 5.74) is 0.685. The second kappa shape index (κ2) is 5.62. The van der Waals surface area contributed by atoms with Gasteiger partial charge in [0.25, 0.3) is 0 Å². The van der Waals surface area contributed by atoms with Crippen molar-refractivity contribution in [3.05, 3.63) is 35.9 Å². The van der Waals surface area contributed by atoms with Crippen LogP contribution < -0.4 is 0 Å². The molecule has 1 amide bonds. The number of amides is 1. The van der Waals surface area contributed by atoms with Gasteiger partial charge in [-0.15, -0.1) is 0 Å². The van der Waals surface area contributed by atoms with E-state index in [4.69, 9.17) is 0 Å². The van der Waals surface area contributed by atoms with Crippen LogP contribution in [0.3, 0.4) is 0 Å². The summed E-state index contributed by atoms with van der Waals surface area (Å²) >= 11 is 0. The van der Waals surface area contributed by atoms with Gasteiger partial charge >= 0.3 is 0 Å². The van der Waals surface area contributed by atoms with E-state index in [1.165, 1.54) is 0 Å². The lowest BCUT2D eigenvalue weighted by molar-refractivity contribution is -0.130. The molecular weight excluding hydrogens is 214 g/mol. The van der Waals surface area contributed by atoms with E-state index < -0.39 is 0 Å². The molecule has 17 heavy (non-hydrogen) atoms. The zero-order chi connectivity index (χ0) is 12.1. The van der Waals surface area contributed by atoms with Crippen LogP contribution in [0.2, 0.25) is 0 Å². The van der Waals surface area contributed by atoms with Gasteiger partial charge in [-0.3, -0.25) is 9.59 Å². The predicted octanol–water partition coefficient (Wildman–Crippen LogP) is 2.27. The molecule has 0 spiro atoms. The number of likely N-dealkylation sites (tertiary alicyclic amines) is 1. The van der Waals surface area contributed by atoms with E-state index in [1.807, 2.05) is 18.2 Å². The van der Waals surface area contributed by atoms with Crippen LogP contribution in [-0.2, 0) is 4.79 Å². The Balaban J connectivity index is 2.00. The van der Waals surface area contributed by atoms with Crippen molar-refractivity contribution >= 4 is 11.7 Å².